The van der Waals surface area contributed by atoms with Crippen molar-refractivity contribution in [3.05, 3.63) is 0 Å². The highest BCUT2D eigenvalue weighted by molar-refractivity contribution is 5.84. The maximum Gasteiger partial charge on any atom is 0.317 e. The number of rotatable bonds is 2. The monoisotopic (exact) mass is 220 g/mol. The number of nitrogens with one attached hydrogen (secondary N) is 2. The van der Waals surface area contributed by atoms with Crippen LogP contribution in [0.1, 0.15) is 32.1 Å². The van der Waals surface area contributed by atoms with Gasteiger partial charge in [-0.3, -0.25) is 20.4 Å². The summed E-state index contributed by atoms with van der Waals surface area (Å²) < 4.78 is 23.5. The molecule has 0 unspecified atom stereocenters. The van der Waals surface area contributed by atoms with Crippen LogP contribution < -0.4 is 10.9 Å². The zero-order valence-electron chi connectivity index (χ0n) is 8.26. The normalized spacial score (nSPS) is 17.5. The zero-order chi connectivity index (χ0) is 11.3. The first-order chi connectivity index (χ1) is 7.11. The van der Waals surface area contributed by atoms with Gasteiger partial charge in [0, 0.05) is 5.92 Å². The number of carbonyl (C=O) groups is 2. The average Bonchev–Trinajstić information content (AvgIpc) is 2.26. The second kappa shape index (κ2) is 5.63. The number of amides is 2. The third-order valence-electron chi connectivity index (χ3n) is 2.48. The van der Waals surface area contributed by atoms with E-state index < -0.39 is 12.3 Å². The molecule has 0 bridgehead atoms. The van der Waals surface area contributed by atoms with E-state index in [1.165, 1.54) is 0 Å². The number of hydrazine groups is 1. The predicted molar refractivity (Wildman–Crippen MR) is 48.9 cm³/mol. The van der Waals surface area contributed by atoms with Crippen molar-refractivity contribution in [1.29, 1.82) is 0 Å². The quantitative estimate of drug-likeness (QED) is 0.681. The predicted octanol–water partition coefficient (Wildman–Crippen LogP) is 0.979. The molecule has 0 heterocycles. The first-order valence-electron chi connectivity index (χ1n) is 4.99. The van der Waals surface area contributed by atoms with Crippen LogP contribution in [0.25, 0.3) is 0 Å². The van der Waals surface area contributed by atoms with Gasteiger partial charge in [0.15, 0.2) is 0 Å². The Morgan fingerprint density at radius 3 is 2.20 bits per heavy atom. The van der Waals surface area contributed by atoms with Crippen LogP contribution in [0.2, 0.25) is 0 Å². The molecule has 6 heteroatoms. The number of carbonyl (C=O) groups excluding carboxylic acids is 2. The summed E-state index contributed by atoms with van der Waals surface area (Å²) in [5, 5.41) is 0. The molecule has 1 aliphatic rings. The number of alkyl halides is 2. The van der Waals surface area contributed by atoms with Crippen LogP contribution in [-0.2, 0) is 9.59 Å². The van der Waals surface area contributed by atoms with E-state index in [9.17, 15) is 18.4 Å². The van der Waals surface area contributed by atoms with Gasteiger partial charge in [0.2, 0.25) is 5.91 Å². The molecule has 0 saturated heterocycles. The van der Waals surface area contributed by atoms with Gasteiger partial charge in [0.05, 0.1) is 0 Å². The Morgan fingerprint density at radius 2 is 1.67 bits per heavy atom. The summed E-state index contributed by atoms with van der Waals surface area (Å²) in [5.74, 6) is -2.00. The molecule has 4 nitrogen and oxygen atoms in total. The number of hydrogen-bond donors (Lipinski definition) is 2. The van der Waals surface area contributed by atoms with Crippen LogP contribution in [0, 0.1) is 5.92 Å². The van der Waals surface area contributed by atoms with E-state index >= 15 is 0 Å². The largest absolute Gasteiger partial charge is 0.317 e. The number of halogens is 2. The van der Waals surface area contributed by atoms with Gasteiger partial charge in [-0.1, -0.05) is 19.3 Å². The second-order valence-corrected chi connectivity index (χ2v) is 3.61. The molecule has 15 heavy (non-hydrogen) atoms. The minimum absolute atomic E-state index is 0.156. The van der Waals surface area contributed by atoms with Gasteiger partial charge in [-0.25, -0.2) is 0 Å². The first kappa shape index (κ1) is 11.9. The van der Waals surface area contributed by atoms with Crippen LogP contribution in [0.3, 0.4) is 0 Å². The van der Waals surface area contributed by atoms with Crippen LogP contribution in [0.5, 0.6) is 0 Å². The molecule has 1 saturated carbocycles. The number of hydrogen-bond acceptors (Lipinski definition) is 2. The van der Waals surface area contributed by atoms with Crippen LogP contribution in [-0.4, -0.2) is 18.2 Å². The van der Waals surface area contributed by atoms with Gasteiger partial charge in [-0.2, -0.15) is 8.78 Å². The summed E-state index contributed by atoms with van der Waals surface area (Å²) in [5.41, 5.74) is 3.71. The SMILES string of the molecule is O=C(NNC(=O)C1CCCCC1)C(F)F. The molecule has 0 aromatic rings. The summed E-state index contributed by atoms with van der Waals surface area (Å²) in [7, 11) is 0. The molecule has 0 radical (unpaired) electrons. The van der Waals surface area contributed by atoms with Crippen molar-refractivity contribution in [2.75, 3.05) is 0 Å². The smallest absolute Gasteiger partial charge is 0.273 e. The van der Waals surface area contributed by atoms with Gasteiger partial charge in [0.1, 0.15) is 0 Å². The fourth-order valence-corrected chi connectivity index (χ4v) is 1.64. The molecule has 0 atom stereocenters. The molecule has 0 spiro atoms. The molecule has 2 N–H and O–H groups in total. The van der Waals surface area contributed by atoms with Crippen molar-refractivity contribution in [3.8, 4) is 0 Å². The van der Waals surface area contributed by atoms with E-state index in [1.54, 1.807) is 5.43 Å². The average molecular weight is 220 g/mol. The molecule has 1 rings (SSSR count). The topological polar surface area (TPSA) is 58.2 Å². The summed E-state index contributed by atoms with van der Waals surface area (Å²) in [6, 6.07) is 0. The summed E-state index contributed by atoms with van der Waals surface area (Å²) in [4.78, 5) is 21.8. The minimum atomic E-state index is -3.10. The highest BCUT2D eigenvalue weighted by Crippen LogP contribution is 2.23. The summed E-state index contributed by atoms with van der Waals surface area (Å²) >= 11 is 0. The molecule has 86 valence electrons. The molecule has 0 aromatic carbocycles. The molecule has 0 aliphatic heterocycles. The Hall–Kier alpha value is -1.20. The Labute approximate surface area is 86.4 Å². The maximum absolute atomic E-state index is 11.8. The lowest BCUT2D eigenvalue weighted by Crippen LogP contribution is -2.47. The van der Waals surface area contributed by atoms with Crippen molar-refractivity contribution in [2.45, 2.75) is 38.5 Å². The highest BCUT2D eigenvalue weighted by Gasteiger charge is 2.22. The van der Waals surface area contributed by atoms with Crippen molar-refractivity contribution < 1.29 is 18.4 Å². The van der Waals surface area contributed by atoms with Crippen molar-refractivity contribution in [2.24, 2.45) is 5.92 Å². The van der Waals surface area contributed by atoms with Crippen molar-refractivity contribution in [1.82, 2.24) is 10.9 Å². The van der Waals surface area contributed by atoms with Crippen LogP contribution >= 0.6 is 0 Å². The fourth-order valence-electron chi connectivity index (χ4n) is 1.64. The van der Waals surface area contributed by atoms with E-state index in [1.807, 2.05) is 5.43 Å². The molecule has 0 aromatic heterocycles. The Morgan fingerprint density at radius 1 is 1.07 bits per heavy atom. The zero-order valence-corrected chi connectivity index (χ0v) is 8.26. The van der Waals surface area contributed by atoms with Crippen LogP contribution in [0.4, 0.5) is 8.78 Å². The van der Waals surface area contributed by atoms with E-state index in [0.717, 1.165) is 32.1 Å². The Kier molecular flexibility index (Phi) is 4.45. The lowest BCUT2D eigenvalue weighted by molar-refractivity contribution is -0.137. The standard InChI is InChI=1S/C9H14F2N2O2/c10-7(11)9(15)13-12-8(14)6-4-2-1-3-5-6/h6-7H,1-5H2,(H,12,14)(H,13,15). The molecular weight excluding hydrogens is 206 g/mol. The minimum Gasteiger partial charge on any atom is -0.273 e. The van der Waals surface area contributed by atoms with Gasteiger partial charge >= 0.3 is 12.3 Å². The Bertz CT molecular complexity index is 240. The van der Waals surface area contributed by atoms with Crippen LogP contribution in [0.15, 0.2) is 0 Å². The fraction of sp³-hybridized carbons (Fsp3) is 0.778. The van der Waals surface area contributed by atoms with E-state index in [4.69, 9.17) is 0 Å². The molecule has 1 fully saturated rings. The van der Waals surface area contributed by atoms with E-state index in [2.05, 4.69) is 0 Å². The Balaban J connectivity index is 2.26. The van der Waals surface area contributed by atoms with E-state index in [0.29, 0.717) is 0 Å². The lowest BCUT2D eigenvalue weighted by atomic mass is 9.89. The summed E-state index contributed by atoms with van der Waals surface area (Å²) in [6.45, 7) is 0. The third-order valence-corrected chi connectivity index (χ3v) is 2.48. The molecule has 2 amide bonds. The summed E-state index contributed by atoms with van der Waals surface area (Å²) in [6.07, 6.45) is 1.47. The first-order valence-corrected chi connectivity index (χ1v) is 4.99. The van der Waals surface area contributed by atoms with Crippen molar-refractivity contribution >= 4 is 11.8 Å². The van der Waals surface area contributed by atoms with Gasteiger partial charge in [-0.05, 0) is 12.8 Å². The lowest BCUT2D eigenvalue weighted by Gasteiger charge is -2.20. The molecule has 1 aliphatic carbocycles. The maximum atomic E-state index is 11.8. The van der Waals surface area contributed by atoms with E-state index in [-0.39, 0.29) is 11.8 Å². The van der Waals surface area contributed by atoms with Gasteiger partial charge < -0.3 is 0 Å². The molecular formula is C9H14F2N2O2. The van der Waals surface area contributed by atoms with Gasteiger partial charge in [0.25, 0.3) is 0 Å². The van der Waals surface area contributed by atoms with Crippen molar-refractivity contribution in [3.63, 3.8) is 0 Å². The van der Waals surface area contributed by atoms with Gasteiger partial charge in [-0.15, -0.1) is 0 Å². The highest BCUT2D eigenvalue weighted by atomic mass is 19.3. The second-order valence-electron chi connectivity index (χ2n) is 3.61. The third kappa shape index (κ3) is 3.81.